The highest BCUT2D eigenvalue weighted by atomic mass is 35.5. The Morgan fingerprint density at radius 3 is 2.58 bits per heavy atom. The van der Waals surface area contributed by atoms with Gasteiger partial charge in [-0.25, -0.2) is 4.98 Å². The van der Waals surface area contributed by atoms with E-state index in [-0.39, 0.29) is 11.8 Å². The molecule has 2 aromatic heterocycles. The van der Waals surface area contributed by atoms with E-state index in [2.05, 4.69) is 15.6 Å². The molecule has 0 fully saturated rings. The second-order valence-electron chi connectivity index (χ2n) is 6.84. The molecule has 2 N–H and O–H groups in total. The Kier molecular flexibility index (Phi) is 6.25. The van der Waals surface area contributed by atoms with Crippen molar-refractivity contribution in [2.75, 3.05) is 10.6 Å². The summed E-state index contributed by atoms with van der Waals surface area (Å²) in [5, 5.41) is 5.95. The van der Waals surface area contributed by atoms with Crippen molar-refractivity contribution in [3.05, 3.63) is 89.3 Å². The normalized spacial score (nSPS) is 10.8. The van der Waals surface area contributed by atoms with Crippen LogP contribution in [-0.4, -0.2) is 21.2 Å². The Morgan fingerprint density at radius 2 is 1.84 bits per heavy atom. The number of fused-ring (bicyclic) bond motifs is 1. The number of hydrogen-bond acceptors (Lipinski definition) is 4. The zero-order chi connectivity index (χ0) is 21.8. The number of pyridine rings is 1. The second kappa shape index (κ2) is 9.24. The Morgan fingerprint density at radius 1 is 1.03 bits per heavy atom. The lowest BCUT2D eigenvalue weighted by molar-refractivity contribution is -0.114. The van der Waals surface area contributed by atoms with Gasteiger partial charge in [-0.1, -0.05) is 17.7 Å². The maximum atomic E-state index is 12.7. The van der Waals surface area contributed by atoms with Crippen molar-refractivity contribution in [2.45, 2.75) is 17.6 Å². The van der Waals surface area contributed by atoms with Crippen LogP contribution in [0, 0.1) is 0 Å². The van der Waals surface area contributed by atoms with Gasteiger partial charge >= 0.3 is 0 Å². The van der Waals surface area contributed by atoms with Crippen LogP contribution in [0.5, 0.6) is 0 Å². The molecule has 0 aliphatic heterocycles. The second-order valence-corrected chi connectivity index (χ2v) is 8.32. The van der Waals surface area contributed by atoms with Crippen LogP contribution in [0.4, 0.5) is 11.4 Å². The van der Waals surface area contributed by atoms with Crippen molar-refractivity contribution in [1.29, 1.82) is 0 Å². The highest BCUT2D eigenvalue weighted by Crippen LogP contribution is 2.27. The van der Waals surface area contributed by atoms with Crippen molar-refractivity contribution in [3.8, 4) is 0 Å². The van der Waals surface area contributed by atoms with Crippen LogP contribution in [0.1, 0.15) is 23.0 Å². The number of halogens is 1. The molecule has 0 unspecified atom stereocenters. The fourth-order valence-corrected chi connectivity index (χ4v) is 3.98. The summed E-state index contributed by atoms with van der Waals surface area (Å²) in [6.45, 7) is 1.41. The van der Waals surface area contributed by atoms with Crippen LogP contribution in [0.2, 0.25) is 5.02 Å². The van der Waals surface area contributed by atoms with Crippen molar-refractivity contribution < 1.29 is 9.59 Å². The van der Waals surface area contributed by atoms with E-state index in [0.717, 1.165) is 22.0 Å². The van der Waals surface area contributed by atoms with E-state index in [1.807, 2.05) is 47.1 Å². The molecule has 2 amide bonds. The Balaban J connectivity index is 1.41. The van der Waals surface area contributed by atoms with Crippen molar-refractivity contribution in [3.63, 3.8) is 0 Å². The van der Waals surface area contributed by atoms with Gasteiger partial charge in [-0.05, 0) is 54.6 Å². The molecule has 0 saturated carbocycles. The summed E-state index contributed by atoms with van der Waals surface area (Å²) >= 11 is 7.69. The van der Waals surface area contributed by atoms with Gasteiger partial charge in [-0.2, -0.15) is 0 Å². The third kappa shape index (κ3) is 5.25. The molecule has 156 valence electrons. The summed E-state index contributed by atoms with van der Waals surface area (Å²) < 4.78 is 1.99. The highest BCUT2D eigenvalue weighted by Gasteiger charge is 2.11. The summed E-state index contributed by atoms with van der Waals surface area (Å²) in [6.07, 6.45) is 3.99. The molecule has 0 saturated heterocycles. The Hall–Kier alpha value is -3.29. The van der Waals surface area contributed by atoms with Gasteiger partial charge in [0.05, 0.1) is 17.1 Å². The van der Waals surface area contributed by atoms with Crippen molar-refractivity contribution in [1.82, 2.24) is 9.38 Å². The van der Waals surface area contributed by atoms with Crippen LogP contribution >= 0.6 is 23.4 Å². The van der Waals surface area contributed by atoms with E-state index >= 15 is 0 Å². The number of amides is 2. The third-order valence-electron chi connectivity index (χ3n) is 4.46. The number of rotatable bonds is 6. The molecule has 4 aromatic rings. The first-order valence-electron chi connectivity index (χ1n) is 9.52. The molecule has 0 spiro atoms. The molecule has 2 heterocycles. The maximum absolute atomic E-state index is 12.7. The fraction of sp³-hybridized carbons (Fsp3) is 0.0870. The number of benzene rings is 2. The van der Waals surface area contributed by atoms with Crippen molar-refractivity contribution >= 4 is 52.2 Å². The molecular weight excluding hydrogens is 432 g/mol. The van der Waals surface area contributed by atoms with Crippen molar-refractivity contribution in [2.24, 2.45) is 0 Å². The van der Waals surface area contributed by atoms with Crippen LogP contribution in [-0.2, 0) is 10.5 Å². The van der Waals surface area contributed by atoms with E-state index in [9.17, 15) is 9.59 Å². The zero-order valence-electron chi connectivity index (χ0n) is 16.6. The van der Waals surface area contributed by atoms with Crippen LogP contribution < -0.4 is 10.6 Å². The topological polar surface area (TPSA) is 75.5 Å². The Labute approximate surface area is 188 Å². The van der Waals surface area contributed by atoms with Gasteiger partial charge in [0.1, 0.15) is 5.65 Å². The number of carbonyl (C=O) groups is 2. The van der Waals surface area contributed by atoms with Gasteiger partial charge in [0.25, 0.3) is 5.91 Å². The molecule has 31 heavy (non-hydrogen) atoms. The van der Waals surface area contributed by atoms with E-state index in [0.29, 0.717) is 22.0 Å². The molecule has 4 rings (SSSR count). The number of carbonyl (C=O) groups excluding carboxylic acids is 2. The minimum absolute atomic E-state index is 0.232. The van der Waals surface area contributed by atoms with Gasteiger partial charge in [0.15, 0.2) is 0 Å². The predicted molar refractivity (Wildman–Crippen MR) is 125 cm³/mol. The summed E-state index contributed by atoms with van der Waals surface area (Å²) in [5.74, 6) is 0.214. The average Bonchev–Trinajstić information content (AvgIpc) is 3.17. The summed E-state index contributed by atoms with van der Waals surface area (Å²) in [4.78, 5) is 29.7. The van der Waals surface area contributed by atoms with Crippen LogP contribution in [0.3, 0.4) is 0 Å². The number of hydrogen-bond donors (Lipinski definition) is 2. The van der Waals surface area contributed by atoms with Gasteiger partial charge < -0.3 is 15.0 Å². The first-order valence-corrected chi connectivity index (χ1v) is 10.9. The molecule has 0 atom stereocenters. The SMILES string of the molecule is CC(=O)Nc1ccc(Cl)cc1NC(=O)c1ccc(SCc2cn3ccccc3n2)cc1. The largest absolute Gasteiger partial charge is 0.325 e. The smallest absolute Gasteiger partial charge is 0.255 e. The minimum Gasteiger partial charge on any atom is -0.325 e. The number of nitrogens with zero attached hydrogens (tertiary/aromatic N) is 2. The van der Waals surface area contributed by atoms with E-state index in [1.54, 1.807) is 42.1 Å². The quantitative estimate of drug-likeness (QED) is 0.381. The highest BCUT2D eigenvalue weighted by molar-refractivity contribution is 7.98. The standard InChI is InChI=1S/C23H19ClN4O2S/c1-15(29)25-20-10-7-17(24)12-21(20)27-23(30)16-5-8-19(9-6-16)31-14-18-13-28-11-3-2-4-22(28)26-18/h2-13H,14H2,1H3,(H,25,29)(H,27,30). The van der Waals surface area contributed by atoms with Gasteiger partial charge in [0, 0.05) is 40.6 Å². The molecule has 8 heteroatoms. The van der Waals surface area contributed by atoms with Crippen LogP contribution in [0.15, 0.2) is 78.0 Å². The molecule has 0 bridgehead atoms. The van der Waals surface area contributed by atoms with E-state index in [1.165, 1.54) is 6.92 Å². The fourth-order valence-electron chi connectivity index (χ4n) is 3.03. The number of thioether (sulfide) groups is 1. The lowest BCUT2D eigenvalue weighted by Crippen LogP contribution is -2.15. The third-order valence-corrected chi connectivity index (χ3v) is 5.74. The lowest BCUT2D eigenvalue weighted by Gasteiger charge is -2.12. The first-order chi connectivity index (χ1) is 15.0. The maximum Gasteiger partial charge on any atom is 0.255 e. The van der Waals surface area contributed by atoms with Gasteiger partial charge in [-0.3, -0.25) is 9.59 Å². The molecule has 2 aromatic carbocycles. The number of anilines is 2. The number of aromatic nitrogens is 2. The monoisotopic (exact) mass is 450 g/mol. The number of imidazole rings is 1. The van der Waals surface area contributed by atoms with Gasteiger partial charge in [0.2, 0.25) is 5.91 Å². The predicted octanol–water partition coefficient (Wildman–Crippen LogP) is 5.49. The molecule has 6 nitrogen and oxygen atoms in total. The zero-order valence-corrected chi connectivity index (χ0v) is 18.2. The number of nitrogens with one attached hydrogen (secondary N) is 2. The molecule has 0 aliphatic rings. The average molecular weight is 451 g/mol. The minimum atomic E-state index is -0.286. The van der Waals surface area contributed by atoms with Crippen LogP contribution in [0.25, 0.3) is 5.65 Å². The summed E-state index contributed by atoms with van der Waals surface area (Å²) in [6, 6.07) is 18.2. The lowest BCUT2D eigenvalue weighted by atomic mass is 10.2. The molecular formula is C23H19ClN4O2S. The summed E-state index contributed by atoms with van der Waals surface area (Å²) in [7, 11) is 0. The molecule has 0 aliphatic carbocycles. The Bertz CT molecular complexity index is 1220. The first kappa shape index (κ1) is 21.0. The van der Waals surface area contributed by atoms with E-state index < -0.39 is 0 Å². The summed E-state index contributed by atoms with van der Waals surface area (Å²) in [5.41, 5.74) is 3.35. The van der Waals surface area contributed by atoms with E-state index in [4.69, 9.17) is 11.6 Å². The molecule has 0 radical (unpaired) electrons. The van der Waals surface area contributed by atoms with Gasteiger partial charge in [-0.15, -0.1) is 11.8 Å².